The molecule has 0 bridgehead atoms. The van der Waals surface area contributed by atoms with Gasteiger partial charge in [0, 0.05) is 0 Å². The highest BCUT2D eigenvalue weighted by Gasteiger charge is 2.36. The lowest BCUT2D eigenvalue weighted by molar-refractivity contribution is 0.144. The van der Waals surface area contributed by atoms with Crippen molar-refractivity contribution in [3.05, 3.63) is 60.7 Å². The number of aliphatic hydroxyl groups is 2. The molecule has 2 aromatic carbocycles. The zero-order valence-corrected chi connectivity index (χ0v) is 11.1. The minimum atomic E-state index is -3.58. The van der Waals surface area contributed by atoms with Gasteiger partial charge in [0.1, 0.15) is 5.75 Å². The second kappa shape index (κ2) is 6.02. The fourth-order valence-electron chi connectivity index (χ4n) is 1.67. The molecule has 0 heterocycles. The van der Waals surface area contributed by atoms with Crippen molar-refractivity contribution in [1.82, 2.24) is 0 Å². The lowest BCUT2D eigenvalue weighted by Gasteiger charge is -2.23. The van der Waals surface area contributed by atoms with Crippen LogP contribution in [-0.4, -0.2) is 22.7 Å². The molecule has 0 aliphatic heterocycles. The van der Waals surface area contributed by atoms with Crippen molar-refractivity contribution in [2.75, 3.05) is 6.61 Å². The lowest BCUT2D eigenvalue weighted by atomic mass is 10.3. The molecule has 0 amide bonds. The molecule has 19 heavy (non-hydrogen) atoms. The van der Waals surface area contributed by atoms with Gasteiger partial charge in [0.05, 0.1) is 11.9 Å². The number of para-hydroxylation sites is 1. The predicted molar refractivity (Wildman–Crippen MR) is 73.8 cm³/mol. The quantitative estimate of drug-likeness (QED) is 0.821. The second-order valence-electron chi connectivity index (χ2n) is 4.00. The molecule has 0 aliphatic carbocycles. The summed E-state index contributed by atoms with van der Waals surface area (Å²) in [5, 5.41) is 19.3. The van der Waals surface area contributed by atoms with E-state index in [0.29, 0.717) is 11.1 Å². The van der Waals surface area contributed by atoms with E-state index in [2.05, 4.69) is 0 Å². The molecule has 2 rings (SSSR count). The zero-order valence-electron chi connectivity index (χ0n) is 10.2. The van der Waals surface area contributed by atoms with Crippen LogP contribution < -0.4 is 9.83 Å². The molecule has 0 saturated heterocycles. The Labute approximate surface area is 111 Å². The summed E-state index contributed by atoms with van der Waals surface area (Å²) < 4.78 is 18.4. The Bertz CT molecular complexity index is 556. The fraction of sp³-hybridized carbons (Fsp3) is 0.143. The van der Waals surface area contributed by atoms with Gasteiger partial charge < -0.3 is 14.7 Å². The first-order valence-corrected chi connectivity index (χ1v) is 7.55. The first kappa shape index (κ1) is 13.8. The van der Waals surface area contributed by atoms with Gasteiger partial charge in [-0.15, -0.1) is 0 Å². The topological polar surface area (TPSA) is 66.8 Å². The second-order valence-corrected chi connectivity index (χ2v) is 6.49. The van der Waals surface area contributed by atoms with Gasteiger partial charge in [-0.1, -0.05) is 36.4 Å². The van der Waals surface area contributed by atoms with Gasteiger partial charge in [-0.25, -0.2) is 0 Å². The Balaban J connectivity index is 2.39. The van der Waals surface area contributed by atoms with Crippen LogP contribution in [0.1, 0.15) is 0 Å². The van der Waals surface area contributed by atoms with Crippen molar-refractivity contribution in [3.8, 4) is 5.75 Å². The molecule has 4 nitrogen and oxygen atoms in total. The van der Waals surface area contributed by atoms with E-state index in [1.807, 2.05) is 6.07 Å². The zero-order chi connectivity index (χ0) is 13.7. The van der Waals surface area contributed by atoms with Crippen LogP contribution in [0, 0.1) is 0 Å². The molecule has 100 valence electrons. The molecule has 2 aromatic rings. The predicted octanol–water partition coefficient (Wildman–Crippen LogP) is 1.98. The van der Waals surface area contributed by atoms with Gasteiger partial charge in [0.25, 0.3) is 0 Å². The van der Waals surface area contributed by atoms with E-state index >= 15 is 0 Å². The van der Waals surface area contributed by atoms with Crippen LogP contribution in [0.25, 0.3) is 0 Å². The molecular formula is C14H15O4P. The third kappa shape index (κ3) is 3.04. The van der Waals surface area contributed by atoms with Crippen LogP contribution in [0.15, 0.2) is 60.7 Å². The third-order valence-corrected chi connectivity index (χ3v) is 5.10. The Hall–Kier alpha value is -1.61. The summed E-state index contributed by atoms with van der Waals surface area (Å²) in [4.78, 5) is 0. The van der Waals surface area contributed by atoms with E-state index in [1.165, 1.54) is 0 Å². The van der Waals surface area contributed by atoms with Gasteiger partial charge in [-0.05, 0) is 24.3 Å². The molecule has 0 saturated carbocycles. The highest BCUT2D eigenvalue weighted by Crippen LogP contribution is 2.49. The molecule has 2 atom stereocenters. The fourth-order valence-corrected chi connectivity index (χ4v) is 3.48. The molecule has 2 N–H and O–H groups in total. The Morgan fingerprint density at radius 1 is 1.00 bits per heavy atom. The van der Waals surface area contributed by atoms with Crippen LogP contribution in [0.5, 0.6) is 5.75 Å². The standard InChI is InChI=1S/C14H15O4P/c15-11-14(16)19(17,13-9-5-2-6-10-13)18-12-7-3-1-4-8-12/h1-10,14-16H,11H2. The largest absolute Gasteiger partial charge is 0.438 e. The smallest absolute Gasteiger partial charge is 0.307 e. The highest BCUT2D eigenvalue weighted by atomic mass is 31.2. The lowest BCUT2D eigenvalue weighted by Crippen LogP contribution is -2.24. The summed E-state index contributed by atoms with van der Waals surface area (Å²) >= 11 is 0. The number of aliphatic hydroxyl groups excluding tert-OH is 2. The number of hydrogen-bond acceptors (Lipinski definition) is 4. The SMILES string of the molecule is O=P(Oc1ccccc1)(c1ccccc1)C(O)CO. The summed E-state index contributed by atoms with van der Waals surface area (Å²) in [6, 6.07) is 17.0. The molecule has 0 aliphatic rings. The van der Waals surface area contributed by atoms with Crippen molar-refractivity contribution in [2.45, 2.75) is 5.85 Å². The van der Waals surface area contributed by atoms with Crippen molar-refractivity contribution in [2.24, 2.45) is 0 Å². The minimum absolute atomic E-state index is 0.375. The van der Waals surface area contributed by atoms with Crippen LogP contribution in [0.4, 0.5) is 0 Å². The molecule has 0 aromatic heterocycles. The van der Waals surface area contributed by atoms with E-state index in [0.717, 1.165) is 0 Å². The third-order valence-electron chi connectivity index (χ3n) is 2.66. The Kier molecular flexibility index (Phi) is 4.38. The van der Waals surface area contributed by atoms with Crippen molar-refractivity contribution in [1.29, 1.82) is 0 Å². The van der Waals surface area contributed by atoms with Crippen LogP contribution >= 0.6 is 7.37 Å². The summed E-state index contributed by atoms with van der Waals surface area (Å²) in [5.74, 6) is -1.06. The average molecular weight is 278 g/mol. The van der Waals surface area contributed by atoms with Gasteiger partial charge in [-0.3, -0.25) is 4.57 Å². The maximum atomic E-state index is 12.9. The molecule has 2 unspecified atom stereocenters. The van der Waals surface area contributed by atoms with E-state index in [4.69, 9.17) is 9.63 Å². The van der Waals surface area contributed by atoms with Crippen LogP contribution in [0.2, 0.25) is 0 Å². The van der Waals surface area contributed by atoms with E-state index < -0.39 is 19.8 Å². The van der Waals surface area contributed by atoms with E-state index in [9.17, 15) is 9.67 Å². The summed E-state index contributed by atoms with van der Waals surface area (Å²) in [6.07, 6.45) is 0. The molecule has 0 radical (unpaired) electrons. The monoisotopic (exact) mass is 278 g/mol. The van der Waals surface area contributed by atoms with Crippen molar-refractivity contribution < 1.29 is 19.3 Å². The number of benzene rings is 2. The molecular weight excluding hydrogens is 263 g/mol. The minimum Gasteiger partial charge on any atom is -0.438 e. The van der Waals surface area contributed by atoms with Gasteiger partial charge in [-0.2, -0.15) is 0 Å². The van der Waals surface area contributed by atoms with Gasteiger partial charge in [0.2, 0.25) is 0 Å². The van der Waals surface area contributed by atoms with Gasteiger partial charge >= 0.3 is 7.37 Å². The first-order chi connectivity index (χ1) is 9.16. The Morgan fingerprint density at radius 2 is 1.53 bits per heavy atom. The molecule has 0 spiro atoms. The van der Waals surface area contributed by atoms with E-state index in [1.54, 1.807) is 54.6 Å². The number of rotatable bonds is 5. The van der Waals surface area contributed by atoms with Gasteiger partial charge in [0.15, 0.2) is 5.85 Å². The molecule has 5 heteroatoms. The van der Waals surface area contributed by atoms with Crippen LogP contribution in [0.3, 0.4) is 0 Å². The highest BCUT2D eigenvalue weighted by molar-refractivity contribution is 7.67. The summed E-state index contributed by atoms with van der Waals surface area (Å²) in [7, 11) is -3.58. The normalized spacial score (nSPS) is 15.5. The molecule has 0 fully saturated rings. The number of hydrogen-bond donors (Lipinski definition) is 2. The summed E-state index contributed by atoms with van der Waals surface area (Å²) in [5.41, 5.74) is 0. The van der Waals surface area contributed by atoms with Crippen molar-refractivity contribution in [3.63, 3.8) is 0 Å². The maximum absolute atomic E-state index is 12.9. The van der Waals surface area contributed by atoms with Crippen LogP contribution in [-0.2, 0) is 4.57 Å². The maximum Gasteiger partial charge on any atom is 0.307 e. The summed E-state index contributed by atoms with van der Waals surface area (Å²) in [6.45, 7) is -0.626. The first-order valence-electron chi connectivity index (χ1n) is 5.86. The van der Waals surface area contributed by atoms with E-state index in [-0.39, 0.29) is 0 Å². The Morgan fingerprint density at radius 3 is 2.05 bits per heavy atom. The average Bonchev–Trinajstić information content (AvgIpc) is 2.48. The van der Waals surface area contributed by atoms with Crippen molar-refractivity contribution >= 4 is 12.7 Å².